The van der Waals surface area contributed by atoms with Crippen molar-refractivity contribution in [3.05, 3.63) is 65.8 Å². The predicted molar refractivity (Wildman–Crippen MR) is 88.9 cm³/mol. The first kappa shape index (κ1) is 14.0. The summed E-state index contributed by atoms with van der Waals surface area (Å²) in [6, 6.07) is 14.9. The second-order valence-corrected chi connectivity index (χ2v) is 6.22. The van der Waals surface area contributed by atoms with E-state index in [9.17, 15) is 4.79 Å². The fourth-order valence-electron chi connectivity index (χ4n) is 2.06. The van der Waals surface area contributed by atoms with Crippen molar-refractivity contribution in [1.82, 2.24) is 0 Å². The van der Waals surface area contributed by atoms with Crippen LogP contribution in [0.25, 0.3) is 0 Å². The number of hydrogen-bond donors (Lipinski definition) is 2. The molecule has 1 aliphatic heterocycles. The van der Waals surface area contributed by atoms with E-state index in [2.05, 4.69) is 17.2 Å². The third-order valence-corrected chi connectivity index (χ3v) is 4.69. The molecule has 0 bridgehead atoms. The first-order valence-corrected chi connectivity index (χ1v) is 7.67. The number of carbonyl (C=O) groups excluding carboxylic acids is 1. The van der Waals surface area contributed by atoms with E-state index in [0.29, 0.717) is 10.7 Å². The number of hydrogen-bond acceptors (Lipinski definition) is 3. The fourth-order valence-corrected chi connectivity index (χ4v) is 3.21. The van der Waals surface area contributed by atoms with E-state index in [1.165, 1.54) is 11.8 Å². The predicted octanol–water partition coefficient (Wildman–Crippen LogP) is 4.38. The monoisotopic (exact) mass is 316 g/mol. The van der Waals surface area contributed by atoms with Crippen molar-refractivity contribution < 1.29 is 4.79 Å². The highest BCUT2D eigenvalue weighted by Gasteiger charge is 2.28. The van der Waals surface area contributed by atoms with Crippen LogP contribution in [0.15, 0.2) is 65.7 Å². The number of nitrogens with one attached hydrogen (secondary N) is 2. The zero-order valence-corrected chi connectivity index (χ0v) is 12.7. The smallest absolute Gasteiger partial charge is 0.243 e. The van der Waals surface area contributed by atoms with Crippen LogP contribution in [0.4, 0.5) is 11.4 Å². The fraction of sp³-hybridized carbons (Fsp3) is 0.0625. The molecule has 1 amide bonds. The van der Waals surface area contributed by atoms with Crippen LogP contribution in [0.2, 0.25) is 5.02 Å². The van der Waals surface area contributed by atoms with E-state index < -0.39 is 0 Å². The van der Waals surface area contributed by atoms with Crippen molar-refractivity contribution in [3.8, 4) is 0 Å². The Kier molecular flexibility index (Phi) is 3.90. The van der Waals surface area contributed by atoms with Gasteiger partial charge in [-0.25, -0.2) is 0 Å². The average Bonchev–Trinajstić information content (AvgIpc) is 2.49. The van der Waals surface area contributed by atoms with Crippen molar-refractivity contribution in [1.29, 1.82) is 0 Å². The molecule has 0 fully saturated rings. The van der Waals surface area contributed by atoms with Crippen LogP contribution in [0.5, 0.6) is 0 Å². The standard InChI is InChI=1S/C16H13ClN2OS/c1-10-15(21-14-5-3-2-4-13(14)18-10)16(20)19-12-8-6-11(17)7-9-12/h2-9,15,18H,1H2,(H,19,20). The largest absolute Gasteiger partial charge is 0.357 e. The summed E-state index contributed by atoms with van der Waals surface area (Å²) in [4.78, 5) is 13.4. The molecule has 0 aromatic heterocycles. The van der Waals surface area contributed by atoms with Crippen LogP contribution in [-0.2, 0) is 4.79 Å². The summed E-state index contributed by atoms with van der Waals surface area (Å²) in [6.45, 7) is 3.96. The van der Waals surface area contributed by atoms with Crippen LogP contribution in [0, 0.1) is 0 Å². The molecule has 106 valence electrons. The minimum Gasteiger partial charge on any atom is -0.357 e. The molecule has 0 saturated heterocycles. The van der Waals surface area contributed by atoms with Crippen LogP contribution in [0.1, 0.15) is 0 Å². The lowest BCUT2D eigenvalue weighted by Gasteiger charge is -2.26. The molecule has 2 aromatic carbocycles. The first-order chi connectivity index (χ1) is 10.1. The van der Waals surface area contributed by atoms with E-state index in [-0.39, 0.29) is 11.2 Å². The van der Waals surface area contributed by atoms with Crippen molar-refractivity contribution in [2.45, 2.75) is 10.1 Å². The van der Waals surface area contributed by atoms with Crippen molar-refractivity contribution in [2.75, 3.05) is 10.6 Å². The molecule has 0 aliphatic carbocycles. The third-order valence-electron chi connectivity index (χ3n) is 3.09. The van der Waals surface area contributed by atoms with Gasteiger partial charge < -0.3 is 10.6 Å². The Hall–Kier alpha value is -1.91. The minimum absolute atomic E-state index is 0.102. The lowest BCUT2D eigenvalue weighted by atomic mass is 10.2. The molecular formula is C16H13ClN2OS. The number of thioether (sulfide) groups is 1. The summed E-state index contributed by atoms with van der Waals surface area (Å²) in [6.07, 6.45) is 0. The number of halogens is 1. The Morgan fingerprint density at radius 2 is 1.90 bits per heavy atom. The number of fused-ring (bicyclic) bond motifs is 1. The summed E-state index contributed by atoms with van der Waals surface area (Å²) in [5, 5.41) is 6.34. The molecule has 2 N–H and O–H groups in total. The van der Waals surface area contributed by atoms with Crippen molar-refractivity contribution >= 4 is 40.6 Å². The minimum atomic E-state index is -0.365. The molecule has 0 spiro atoms. The quantitative estimate of drug-likeness (QED) is 0.864. The molecule has 2 aromatic rings. The molecule has 3 rings (SSSR count). The first-order valence-electron chi connectivity index (χ1n) is 6.41. The highest BCUT2D eigenvalue weighted by Crippen LogP contribution is 2.39. The highest BCUT2D eigenvalue weighted by molar-refractivity contribution is 8.01. The number of rotatable bonds is 2. The lowest BCUT2D eigenvalue weighted by Crippen LogP contribution is -2.31. The zero-order valence-electron chi connectivity index (χ0n) is 11.1. The SMILES string of the molecule is C=C1Nc2ccccc2SC1C(=O)Nc1ccc(Cl)cc1. The molecule has 1 unspecified atom stereocenters. The summed E-state index contributed by atoms with van der Waals surface area (Å²) >= 11 is 7.33. The number of amides is 1. The number of carbonyl (C=O) groups is 1. The Morgan fingerprint density at radius 3 is 2.67 bits per heavy atom. The van der Waals surface area contributed by atoms with E-state index in [1.807, 2.05) is 24.3 Å². The second-order valence-electron chi connectivity index (χ2n) is 4.64. The molecule has 0 radical (unpaired) electrons. The maximum atomic E-state index is 12.4. The number of benzene rings is 2. The Bertz CT molecular complexity index is 700. The van der Waals surface area contributed by atoms with Crippen LogP contribution < -0.4 is 10.6 Å². The maximum absolute atomic E-state index is 12.4. The van der Waals surface area contributed by atoms with Gasteiger partial charge in [-0.05, 0) is 36.4 Å². The Labute approximate surface area is 132 Å². The molecule has 1 atom stereocenters. The summed E-state index contributed by atoms with van der Waals surface area (Å²) in [5.74, 6) is -0.102. The lowest BCUT2D eigenvalue weighted by molar-refractivity contribution is -0.115. The highest BCUT2D eigenvalue weighted by atomic mass is 35.5. The van der Waals surface area contributed by atoms with Gasteiger partial charge in [0.05, 0.1) is 5.69 Å². The van der Waals surface area contributed by atoms with Crippen LogP contribution in [-0.4, -0.2) is 11.2 Å². The molecule has 1 aliphatic rings. The van der Waals surface area contributed by atoms with E-state index in [0.717, 1.165) is 16.3 Å². The van der Waals surface area contributed by atoms with Gasteiger partial charge in [0, 0.05) is 21.3 Å². The topological polar surface area (TPSA) is 41.1 Å². The van der Waals surface area contributed by atoms with Gasteiger partial charge in [-0.2, -0.15) is 0 Å². The van der Waals surface area contributed by atoms with Crippen LogP contribution >= 0.6 is 23.4 Å². The van der Waals surface area contributed by atoms with Gasteiger partial charge in [-0.1, -0.05) is 30.3 Å². The molecular weight excluding hydrogens is 304 g/mol. The van der Waals surface area contributed by atoms with Gasteiger partial charge in [-0.15, -0.1) is 11.8 Å². The maximum Gasteiger partial charge on any atom is 0.243 e. The Balaban J connectivity index is 1.76. The third kappa shape index (κ3) is 3.06. The van der Waals surface area contributed by atoms with E-state index >= 15 is 0 Å². The van der Waals surface area contributed by atoms with Crippen molar-refractivity contribution in [2.24, 2.45) is 0 Å². The second kappa shape index (κ2) is 5.84. The molecule has 1 heterocycles. The van der Waals surface area contributed by atoms with E-state index in [1.54, 1.807) is 24.3 Å². The molecule has 0 saturated carbocycles. The average molecular weight is 317 g/mol. The summed E-state index contributed by atoms with van der Waals surface area (Å²) in [5.41, 5.74) is 2.39. The van der Waals surface area contributed by atoms with Crippen LogP contribution in [0.3, 0.4) is 0 Å². The van der Waals surface area contributed by atoms with Gasteiger partial charge >= 0.3 is 0 Å². The molecule has 5 heteroatoms. The van der Waals surface area contributed by atoms with Gasteiger partial charge in [0.2, 0.25) is 5.91 Å². The summed E-state index contributed by atoms with van der Waals surface area (Å²) < 4.78 is 0. The van der Waals surface area contributed by atoms with E-state index in [4.69, 9.17) is 11.6 Å². The van der Waals surface area contributed by atoms with Gasteiger partial charge in [-0.3, -0.25) is 4.79 Å². The number of anilines is 2. The summed E-state index contributed by atoms with van der Waals surface area (Å²) in [7, 11) is 0. The Morgan fingerprint density at radius 1 is 1.19 bits per heavy atom. The van der Waals surface area contributed by atoms with Gasteiger partial charge in [0.25, 0.3) is 0 Å². The normalized spacial score (nSPS) is 16.8. The number of para-hydroxylation sites is 1. The zero-order chi connectivity index (χ0) is 14.8. The van der Waals surface area contributed by atoms with Gasteiger partial charge in [0.15, 0.2) is 0 Å². The van der Waals surface area contributed by atoms with Gasteiger partial charge in [0.1, 0.15) is 5.25 Å². The molecule has 21 heavy (non-hydrogen) atoms. The molecule has 3 nitrogen and oxygen atoms in total. The van der Waals surface area contributed by atoms with Crippen molar-refractivity contribution in [3.63, 3.8) is 0 Å².